The third-order valence-corrected chi connectivity index (χ3v) is 5.70. The van der Waals surface area contributed by atoms with Crippen molar-refractivity contribution in [1.82, 2.24) is 5.32 Å². The summed E-state index contributed by atoms with van der Waals surface area (Å²) in [6.45, 7) is 12.6. The van der Waals surface area contributed by atoms with Crippen LogP contribution in [-0.4, -0.2) is 13.6 Å². The van der Waals surface area contributed by atoms with Gasteiger partial charge in [0.1, 0.15) is 0 Å². The molecule has 1 N–H and O–H groups in total. The van der Waals surface area contributed by atoms with Crippen LogP contribution in [0.2, 0.25) is 0 Å². The van der Waals surface area contributed by atoms with Crippen LogP contribution in [0.1, 0.15) is 66.7 Å². The molecule has 132 valence electrons. The number of allylic oxidation sites excluding steroid dienone is 9. The van der Waals surface area contributed by atoms with Gasteiger partial charge in [-0.2, -0.15) is 0 Å². The molecule has 0 aromatic carbocycles. The monoisotopic (exact) mass is 325 g/mol. The van der Waals surface area contributed by atoms with Crippen LogP contribution in [-0.2, 0) is 0 Å². The maximum absolute atomic E-state index is 3.28. The number of nitrogens with one attached hydrogen (secondary N) is 1. The van der Waals surface area contributed by atoms with Crippen molar-refractivity contribution in [2.24, 2.45) is 5.41 Å². The molecule has 0 fully saturated rings. The molecule has 0 saturated carbocycles. The van der Waals surface area contributed by atoms with Gasteiger partial charge in [0.15, 0.2) is 0 Å². The maximum atomic E-state index is 3.28. The zero-order chi connectivity index (χ0) is 17.7. The van der Waals surface area contributed by atoms with Gasteiger partial charge in [0, 0.05) is 6.54 Å². The number of hydrogen-bond donors (Lipinski definition) is 1. The van der Waals surface area contributed by atoms with E-state index in [0.717, 1.165) is 6.54 Å². The van der Waals surface area contributed by atoms with Gasteiger partial charge in [-0.3, -0.25) is 0 Å². The number of rotatable bonds is 5. The van der Waals surface area contributed by atoms with E-state index in [4.69, 9.17) is 0 Å². The lowest BCUT2D eigenvalue weighted by Crippen LogP contribution is -2.19. The van der Waals surface area contributed by atoms with E-state index in [-0.39, 0.29) is 0 Å². The molecule has 0 unspecified atom stereocenters. The molecular formula is C23H35N. The third kappa shape index (κ3) is 4.60. The fraction of sp³-hybridized carbons (Fsp3) is 0.565. The molecule has 0 aromatic heterocycles. The lowest BCUT2D eigenvalue weighted by molar-refractivity contribution is 0.377. The molecule has 1 nitrogen and oxygen atoms in total. The summed E-state index contributed by atoms with van der Waals surface area (Å²) in [5, 5.41) is 3.28. The summed E-state index contributed by atoms with van der Waals surface area (Å²) in [5.74, 6) is 0. The van der Waals surface area contributed by atoms with Gasteiger partial charge in [0.25, 0.3) is 0 Å². The van der Waals surface area contributed by atoms with E-state index in [1.54, 1.807) is 16.7 Å². The van der Waals surface area contributed by atoms with Gasteiger partial charge in [-0.1, -0.05) is 54.9 Å². The summed E-state index contributed by atoms with van der Waals surface area (Å²) in [6, 6.07) is 0. The van der Waals surface area contributed by atoms with E-state index >= 15 is 0 Å². The zero-order valence-electron chi connectivity index (χ0n) is 16.6. The molecule has 0 atom stereocenters. The van der Waals surface area contributed by atoms with E-state index in [2.05, 4.69) is 64.2 Å². The smallest absolute Gasteiger partial charge is 0.0167 e. The Balaban J connectivity index is 2.11. The van der Waals surface area contributed by atoms with E-state index < -0.39 is 0 Å². The average Bonchev–Trinajstić information content (AvgIpc) is 2.85. The van der Waals surface area contributed by atoms with Gasteiger partial charge in [-0.15, -0.1) is 0 Å². The minimum Gasteiger partial charge on any atom is -0.316 e. The fourth-order valence-corrected chi connectivity index (χ4v) is 4.04. The quantitative estimate of drug-likeness (QED) is 0.587. The van der Waals surface area contributed by atoms with Crippen molar-refractivity contribution in [3.05, 3.63) is 57.7 Å². The Morgan fingerprint density at radius 2 is 1.92 bits per heavy atom. The summed E-state index contributed by atoms with van der Waals surface area (Å²) in [7, 11) is 2.03. The fourth-order valence-electron chi connectivity index (χ4n) is 4.04. The first-order chi connectivity index (χ1) is 11.3. The highest BCUT2D eigenvalue weighted by molar-refractivity contribution is 5.43. The summed E-state index contributed by atoms with van der Waals surface area (Å²) in [5.41, 5.74) is 9.33. The van der Waals surface area contributed by atoms with Crippen LogP contribution in [0.3, 0.4) is 0 Å². The summed E-state index contributed by atoms with van der Waals surface area (Å²) in [6.07, 6.45) is 15.6. The van der Waals surface area contributed by atoms with Crippen LogP contribution in [0.4, 0.5) is 0 Å². The predicted octanol–water partition coefficient (Wildman–Crippen LogP) is 6.27. The van der Waals surface area contributed by atoms with Gasteiger partial charge >= 0.3 is 0 Å². The van der Waals surface area contributed by atoms with Crippen molar-refractivity contribution in [2.75, 3.05) is 13.6 Å². The summed E-state index contributed by atoms with van der Waals surface area (Å²) >= 11 is 0. The van der Waals surface area contributed by atoms with E-state index in [1.165, 1.54) is 48.8 Å². The van der Waals surface area contributed by atoms with Crippen LogP contribution < -0.4 is 5.32 Å². The molecule has 2 aliphatic carbocycles. The Hall–Kier alpha value is -1.34. The van der Waals surface area contributed by atoms with Gasteiger partial charge < -0.3 is 5.32 Å². The topological polar surface area (TPSA) is 12.0 Å². The second-order valence-electron chi connectivity index (χ2n) is 8.13. The van der Waals surface area contributed by atoms with Crippen LogP contribution >= 0.6 is 0 Å². The Bertz CT molecular complexity index is 620. The molecule has 0 aliphatic heterocycles. The molecular weight excluding hydrogens is 290 g/mol. The van der Waals surface area contributed by atoms with Crippen molar-refractivity contribution in [3.63, 3.8) is 0 Å². The zero-order valence-corrected chi connectivity index (χ0v) is 16.6. The minimum atomic E-state index is 0.324. The second-order valence-corrected chi connectivity index (χ2v) is 8.13. The van der Waals surface area contributed by atoms with Gasteiger partial charge in [0.2, 0.25) is 0 Å². The van der Waals surface area contributed by atoms with E-state index in [1.807, 2.05) is 7.05 Å². The molecule has 0 spiro atoms. The first-order valence-electron chi connectivity index (χ1n) is 9.44. The molecule has 24 heavy (non-hydrogen) atoms. The minimum absolute atomic E-state index is 0.324. The van der Waals surface area contributed by atoms with Crippen LogP contribution in [0.15, 0.2) is 57.7 Å². The lowest BCUT2D eigenvalue weighted by Gasteiger charge is -2.32. The van der Waals surface area contributed by atoms with Gasteiger partial charge in [-0.25, -0.2) is 0 Å². The summed E-state index contributed by atoms with van der Waals surface area (Å²) < 4.78 is 0. The van der Waals surface area contributed by atoms with E-state index in [9.17, 15) is 0 Å². The molecule has 0 bridgehead atoms. The van der Waals surface area contributed by atoms with Crippen molar-refractivity contribution in [2.45, 2.75) is 66.7 Å². The first-order valence-corrected chi connectivity index (χ1v) is 9.44. The van der Waals surface area contributed by atoms with Crippen molar-refractivity contribution < 1.29 is 0 Å². The normalized spacial score (nSPS) is 23.9. The molecule has 0 saturated heterocycles. The average molecular weight is 326 g/mol. The van der Waals surface area contributed by atoms with Gasteiger partial charge in [0.05, 0.1) is 0 Å². The third-order valence-electron chi connectivity index (χ3n) is 5.70. The van der Waals surface area contributed by atoms with Crippen LogP contribution in [0.5, 0.6) is 0 Å². The Morgan fingerprint density at radius 1 is 1.17 bits per heavy atom. The molecule has 1 heteroatoms. The SMILES string of the molecule is CNCC1=C(C)/C(=C/C=C(C)/C=C/C2=C(C)CCCC2(C)C)CC1. The van der Waals surface area contributed by atoms with Crippen LogP contribution in [0.25, 0.3) is 0 Å². The molecule has 0 radical (unpaired) electrons. The maximum Gasteiger partial charge on any atom is 0.0167 e. The molecule has 0 aromatic rings. The highest BCUT2D eigenvalue weighted by Crippen LogP contribution is 2.40. The standard InChI is InChI=1S/C23H35N/c1-17(9-11-20-12-13-21(16-24-6)19(20)3)10-14-22-18(2)8-7-15-23(22,4)5/h9-11,14,24H,7-8,12-13,15-16H2,1-6H3/b14-10+,17-9+,20-11+. The number of hydrogen-bond acceptors (Lipinski definition) is 1. The van der Waals surface area contributed by atoms with Crippen LogP contribution in [0, 0.1) is 5.41 Å². The van der Waals surface area contributed by atoms with E-state index in [0.29, 0.717) is 5.41 Å². The highest BCUT2D eigenvalue weighted by atomic mass is 14.8. The Kier molecular flexibility index (Phi) is 6.46. The Labute approximate surface area is 149 Å². The van der Waals surface area contributed by atoms with Crippen molar-refractivity contribution >= 4 is 0 Å². The highest BCUT2D eigenvalue weighted by Gasteiger charge is 2.26. The summed E-state index contributed by atoms with van der Waals surface area (Å²) in [4.78, 5) is 0. The van der Waals surface area contributed by atoms with Crippen molar-refractivity contribution in [3.8, 4) is 0 Å². The number of likely N-dealkylation sites (N-methyl/N-ethyl adjacent to an activating group) is 1. The molecule has 0 heterocycles. The molecule has 0 amide bonds. The second kappa shape index (κ2) is 8.16. The Morgan fingerprint density at radius 3 is 2.58 bits per heavy atom. The van der Waals surface area contributed by atoms with Gasteiger partial charge in [-0.05, 0) is 82.1 Å². The predicted molar refractivity (Wildman–Crippen MR) is 107 cm³/mol. The molecule has 2 rings (SSSR count). The first kappa shape index (κ1) is 19.0. The lowest BCUT2D eigenvalue weighted by atomic mass is 9.72. The molecule has 2 aliphatic rings. The largest absolute Gasteiger partial charge is 0.316 e. The van der Waals surface area contributed by atoms with Crippen molar-refractivity contribution in [1.29, 1.82) is 0 Å².